The predicted octanol–water partition coefficient (Wildman–Crippen LogP) is 5.41. The van der Waals surface area contributed by atoms with Gasteiger partial charge in [0.05, 0.1) is 5.52 Å². The molecule has 4 nitrogen and oxygen atoms in total. The van der Waals surface area contributed by atoms with Crippen LogP contribution in [0.3, 0.4) is 0 Å². The van der Waals surface area contributed by atoms with Crippen LogP contribution >= 0.6 is 12.4 Å². The number of nitrogens with zero attached hydrogens (tertiary/aromatic N) is 2. The molecule has 1 amide bonds. The van der Waals surface area contributed by atoms with Crippen LogP contribution < -0.4 is 4.74 Å². The Balaban J connectivity index is 0.00000240. The van der Waals surface area contributed by atoms with Crippen molar-refractivity contribution < 1.29 is 9.53 Å². The Morgan fingerprint density at radius 3 is 2.52 bits per heavy atom. The van der Waals surface area contributed by atoms with Gasteiger partial charge in [-0.15, -0.1) is 12.4 Å². The first kappa shape index (κ1) is 21.1. The van der Waals surface area contributed by atoms with Crippen molar-refractivity contribution in [1.82, 2.24) is 9.88 Å². The van der Waals surface area contributed by atoms with Crippen molar-refractivity contribution in [2.75, 3.05) is 13.1 Å². The first-order valence-electron chi connectivity index (χ1n) is 10.0. The number of fused-ring (bicyclic) bond motifs is 1. The van der Waals surface area contributed by atoms with Crippen molar-refractivity contribution in [3.63, 3.8) is 0 Å². The van der Waals surface area contributed by atoms with Gasteiger partial charge in [-0.2, -0.15) is 0 Å². The van der Waals surface area contributed by atoms with Crippen molar-refractivity contribution in [3.8, 4) is 16.9 Å². The van der Waals surface area contributed by atoms with Gasteiger partial charge in [0.2, 0.25) is 5.91 Å². The van der Waals surface area contributed by atoms with Crippen molar-refractivity contribution >= 4 is 29.2 Å². The zero-order valence-corrected chi connectivity index (χ0v) is 17.7. The van der Waals surface area contributed by atoms with Crippen molar-refractivity contribution in [1.29, 1.82) is 0 Å². The lowest BCUT2D eigenvalue weighted by Crippen LogP contribution is -2.41. The summed E-state index contributed by atoms with van der Waals surface area (Å²) in [6.07, 6.45) is 4.47. The van der Waals surface area contributed by atoms with Crippen LogP contribution in [0.5, 0.6) is 5.75 Å². The van der Waals surface area contributed by atoms with Gasteiger partial charge in [-0.05, 0) is 42.3 Å². The maximum Gasteiger partial charge on any atom is 0.222 e. The minimum atomic E-state index is 0. The molecule has 1 fully saturated rings. The first-order valence-corrected chi connectivity index (χ1v) is 10.0. The highest BCUT2D eigenvalue weighted by Crippen LogP contribution is 2.27. The van der Waals surface area contributed by atoms with Crippen molar-refractivity contribution in [3.05, 3.63) is 60.3 Å². The number of rotatable bonds is 4. The van der Waals surface area contributed by atoms with Crippen LogP contribution in [0.4, 0.5) is 0 Å². The minimum absolute atomic E-state index is 0. The van der Waals surface area contributed by atoms with E-state index in [1.807, 2.05) is 42.3 Å². The molecular weight excluding hydrogens is 384 g/mol. The van der Waals surface area contributed by atoms with E-state index >= 15 is 0 Å². The molecule has 1 saturated heterocycles. The molecule has 1 aliphatic rings. The number of benzene rings is 2. The topological polar surface area (TPSA) is 42.4 Å². The van der Waals surface area contributed by atoms with Gasteiger partial charge in [0.1, 0.15) is 11.9 Å². The summed E-state index contributed by atoms with van der Waals surface area (Å²) in [5.74, 6) is 1.12. The smallest absolute Gasteiger partial charge is 0.222 e. The molecule has 0 atom stereocenters. The lowest BCUT2D eigenvalue weighted by molar-refractivity contribution is -0.132. The Bertz CT molecular complexity index is 980. The average molecular weight is 411 g/mol. The molecule has 0 saturated carbocycles. The third-order valence-corrected chi connectivity index (χ3v) is 5.53. The standard InChI is InChI=1S/C24H26N2O2.ClH/c1-3-24(27)26-13-11-21(12-14-26)28-20-9-7-18(8-10-20)19-15-22-17(2)5-4-6-23(22)25-16-19;/h4-10,15-16,21H,3,11-14H2,1-2H3;1H. The summed E-state index contributed by atoms with van der Waals surface area (Å²) in [7, 11) is 0. The number of pyridine rings is 1. The molecule has 0 radical (unpaired) electrons. The fourth-order valence-corrected chi connectivity index (χ4v) is 3.82. The average Bonchev–Trinajstić information content (AvgIpc) is 2.74. The Morgan fingerprint density at radius 2 is 1.83 bits per heavy atom. The van der Waals surface area contributed by atoms with Crippen molar-refractivity contribution in [2.24, 2.45) is 0 Å². The maximum absolute atomic E-state index is 11.8. The normalized spacial score (nSPS) is 14.5. The van der Waals surface area contributed by atoms with E-state index in [2.05, 4.69) is 36.2 Å². The van der Waals surface area contributed by atoms with Gasteiger partial charge in [0, 0.05) is 49.5 Å². The number of hydrogen-bond acceptors (Lipinski definition) is 3. The van der Waals surface area contributed by atoms with Crippen LogP contribution in [0.15, 0.2) is 54.7 Å². The van der Waals surface area contributed by atoms with Crippen LogP contribution in [0.1, 0.15) is 31.7 Å². The predicted molar refractivity (Wildman–Crippen MR) is 120 cm³/mol. The maximum atomic E-state index is 11.8. The Morgan fingerprint density at radius 1 is 1.10 bits per heavy atom. The number of carbonyl (C=O) groups excluding carboxylic acids is 1. The number of likely N-dealkylation sites (tertiary alicyclic amines) is 1. The van der Waals surface area contributed by atoms with E-state index in [9.17, 15) is 4.79 Å². The molecule has 2 aromatic carbocycles. The zero-order chi connectivity index (χ0) is 19.5. The number of piperidine rings is 1. The monoisotopic (exact) mass is 410 g/mol. The molecule has 1 aliphatic heterocycles. The number of carbonyl (C=O) groups is 1. The van der Waals surface area contributed by atoms with E-state index in [0.29, 0.717) is 6.42 Å². The number of amides is 1. The van der Waals surface area contributed by atoms with Crippen molar-refractivity contribution in [2.45, 2.75) is 39.2 Å². The molecular formula is C24H27ClN2O2. The quantitative estimate of drug-likeness (QED) is 0.577. The van der Waals surface area contributed by atoms with E-state index in [-0.39, 0.29) is 24.4 Å². The summed E-state index contributed by atoms with van der Waals surface area (Å²) in [6.45, 7) is 5.61. The third-order valence-electron chi connectivity index (χ3n) is 5.53. The third kappa shape index (κ3) is 4.70. The molecule has 1 aromatic heterocycles. The summed E-state index contributed by atoms with van der Waals surface area (Å²) in [4.78, 5) is 18.3. The molecule has 0 bridgehead atoms. The van der Waals surface area contributed by atoms with Gasteiger partial charge in [-0.1, -0.05) is 31.2 Å². The van der Waals surface area contributed by atoms with Gasteiger partial charge in [-0.3, -0.25) is 9.78 Å². The zero-order valence-electron chi connectivity index (χ0n) is 16.9. The van der Waals surface area contributed by atoms with Gasteiger partial charge < -0.3 is 9.64 Å². The first-order chi connectivity index (χ1) is 13.6. The Hall–Kier alpha value is -2.59. The van der Waals surface area contributed by atoms with E-state index in [4.69, 9.17) is 4.74 Å². The molecule has 0 unspecified atom stereocenters. The van der Waals surface area contributed by atoms with Gasteiger partial charge in [-0.25, -0.2) is 0 Å². The molecule has 29 heavy (non-hydrogen) atoms. The molecule has 0 spiro atoms. The Labute approximate surface area is 178 Å². The fraction of sp³-hybridized carbons (Fsp3) is 0.333. The number of ether oxygens (including phenoxy) is 1. The van der Waals surface area contributed by atoms with Crippen LogP contribution in [-0.4, -0.2) is 35.0 Å². The molecule has 4 rings (SSSR count). The second-order valence-corrected chi connectivity index (χ2v) is 7.44. The summed E-state index contributed by atoms with van der Waals surface area (Å²) >= 11 is 0. The highest BCUT2D eigenvalue weighted by atomic mass is 35.5. The van der Waals surface area contributed by atoms with E-state index < -0.39 is 0 Å². The summed E-state index contributed by atoms with van der Waals surface area (Å²) < 4.78 is 6.14. The second kappa shape index (κ2) is 9.27. The fourth-order valence-electron chi connectivity index (χ4n) is 3.82. The van der Waals surface area contributed by atoms with E-state index in [1.165, 1.54) is 10.9 Å². The molecule has 0 aliphatic carbocycles. The SMILES string of the molecule is CCC(=O)N1CCC(Oc2ccc(-c3cnc4cccc(C)c4c3)cc2)CC1.Cl. The van der Waals surface area contributed by atoms with E-state index in [0.717, 1.165) is 48.3 Å². The summed E-state index contributed by atoms with van der Waals surface area (Å²) in [5, 5.41) is 1.19. The van der Waals surface area contributed by atoms with Gasteiger partial charge in [0.25, 0.3) is 0 Å². The lowest BCUT2D eigenvalue weighted by atomic mass is 10.0. The highest BCUT2D eigenvalue weighted by molar-refractivity contribution is 5.86. The van der Waals surface area contributed by atoms with Crippen LogP contribution in [-0.2, 0) is 4.79 Å². The number of halogens is 1. The largest absolute Gasteiger partial charge is 0.490 e. The summed E-state index contributed by atoms with van der Waals surface area (Å²) in [6, 6.07) is 16.6. The molecule has 2 heterocycles. The molecule has 0 N–H and O–H groups in total. The van der Waals surface area contributed by atoms with Crippen LogP contribution in [0.25, 0.3) is 22.0 Å². The number of aryl methyl sites for hydroxylation is 1. The number of hydrogen-bond donors (Lipinski definition) is 0. The summed E-state index contributed by atoms with van der Waals surface area (Å²) in [5.41, 5.74) is 4.50. The molecule has 152 valence electrons. The second-order valence-electron chi connectivity index (χ2n) is 7.44. The molecule has 5 heteroatoms. The van der Waals surface area contributed by atoms with E-state index in [1.54, 1.807) is 0 Å². The van der Waals surface area contributed by atoms with Gasteiger partial charge in [0.15, 0.2) is 0 Å². The minimum Gasteiger partial charge on any atom is -0.490 e. The Kier molecular flexibility index (Phi) is 6.75. The highest BCUT2D eigenvalue weighted by Gasteiger charge is 2.22. The molecule has 3 aromatic rings. The van der Waals surface area contributed by atoms with Crippen LogP contribution in [0.2, 0.25) is 0 Å². The number of aromatic nitrogens is 1. The van der Waals surface area contributed by atoms with Gasteiger partial charge >= 0.3 is 0 Å². The lowest BCUT2D eigenvalue weighted by Gasteiger charge is -2.32. The van der Waals surface area contributed by atoms with Crippen LogP contribution in [0, 0.1) is 6.92 Å².